The Balaban J connectivity index is 4.31. The summed E-state index contributed by atoms with van der Waals surface area (Å²) in [4.78, 5) is 22.8. The predicted molar refractivity (Wildman–Crippen MR) is 127 cm³/mol. The summed E-state index contributed by atoms with van der Waals surface area (Å²) < 4.78 is 38.6. The van der Waals surface area contributed by atoms with Gasteiger partial charge in [0.15, 0.2) is 0 Å². The molecule has 190 valence electrons. The highest BCUT2D eigenvalue weighted by Crippen LogP contribution is 2.21. The van der Waals surface area contributed by atoms with Crippen molar-refractivity contribution in [1.29, 1.82) is 0 Å². The fraction of sp³-hybridized carbons (Fsp3) is 0.917. The fourth-order valence-electron chi connectivity index (χ4n) is 3.95. The molecule has 8 heteroatoms. The molecule has 0 aromatic carbocycles. The van der Waals surface area contributed by atoms with Crippen LogP contribution in [0.5, 0.6) is 0 Å². The van der Waals surface area contributed by atoms with E-state index in [-0.39, 0.29) is 19.3 Å². The van der Waals surface area contributed by atoms with E-state index in [0.717, 1.165) is 38.5 Å². The molecule has 0 aliphatic carbocycles. The number of aliphatic carboxylic acids is 1. The molecule has 0 bridgehead atoms. The van der Waals surface area contributed by atoms with Crippen molar-refractivity contribution in [3.63, 3.8) is 0 Å². The Morgan fingerprint density at radius 1 is 0.750 bits per heavy atom. The standard InChI is InChI=1S/C24H46O7S/c1-3-5-6-7-8-9-10-14-17-20-24(27)31-21(22(4-2)32(28,29)30)18-15-12-11-13-16-19-23(25)26/h21-22H,3-20H2,1-2H3,(H,25,26)(H,28,29,30). The van der Waals surface area contributed by atoms with E-state index in [4.69, 9.17) is 9.84 Å². The minimum Gasteiger partial charge on any atom is -0.481 e. The Morgan fingerprint density at radius 2 is 1.22 bits per heavy atom. The highest BCUT2D eigenvalue weighted by Gasteiger charge is 2.33. The summed E-state index contributed by atoms with van der Waals surface area (Å²) in [5.74, 6) is -1.20. The van der Waals surface area contributed by atoms with Crippen LogP contribution in [0.3, 0.4) is 0 Å². The van der Waals surface area contributed by atoms with Gasteiger partial charge in [0.05, 0.1) is 0 Å². The van der Waals surface area contributed by atoms with Crippen molar-refractivity contribution in [3.05, 3.63) is 0 Å². The molecule has 0 rings (SSSR count). The molecule has 0 saturated heterocycles. The van der Waals surface area contributed by atoms with Gasteiger partial charge in [0, 0.05) is 12.8 Å². The molecule has 0 amide bonds. The Morgan fingerprint density at radius 3 is 1.69 bits per heavy atom. The van der Waals surface area contributed by atoms with Crippen LogP contribution in [0, 0.1) is 0 Å². The lowest BCUT2D eigenvalue weighted by molar-refractivity contribution is -0.149. The van der Waals surface area contributed by atoms with E-state index in [1.165, 1.54) is 38.5 Å². The van der Waals surface area contributed by atoms with Crippen LogP contribution in [0.1, 0.15) is 129 Å². The Labute approximate surface area is 195 Å². The van der Waals surface area contributed by atoms with Gasteiger partial charge in [-0.2, -0.15) is 8.42 Å². The summed E-state index contributed by atoms with van der Waals surface area (Å²) in [6.45, 7) is 3.86. The van der Waals surface area contributed by atoms with Gasteiger partial charge in [0.1, 0.15) is 11.4 Å². The minimum atomic E-state index is -4.31. The van der Waals surface area contributed by atoms with Crippen molar-refractivity contribution in [2.45, 2.75) is 141 Å². The van der Waals surface area contributed by atoms with Crippen LogP contribution in [0.25, 0.3) is 0 Å². The molecule has 2 atom stereocenters. The van der Waals surface area contributed by atoms with Crippen LogP contribution in [-0.2, 0) is 24.4 Å². The van der Waals surface area contributed by atoms with Gasteiger partial charge in [-0.25, -0.2) is 0 Å². The first-order valence-electron chi connectivity index (χ1n) is 12.6. The van der Waals surface area contributed by atoms with Crippen molar-refractivity contribution in [3.8, 4) is 0 Å². The largest absolute Gasteiger partial charge is 0.481 e. The molecule has 0 heterocycles. The number of unbranched alkanes of at least 4 members (excludes halogenated alkanes) is 12. The number of hydrogen-bond donors (Lipinski definition) is 2. The third kappa shape index (κ3) is 17.4. The highest BCUT2D eigenvalue weighted by molar-refractivity contribution is 7.86. The Hall–Kier alpha value is -1.15. The molecule has 0 spiro atoms. The van der Waals surface area contributed by atoms with E-state index in [9.17, 15) is 22.6 Å². The van der Waals surface area contributed by atoms with Crippen LogP contribution < -0.4 is 0 Å². The van der Waals surface area contributed by atoms with Crippen LogP contribution in [0.2, 0.25) is 0 Å². The lowest BCUT2D eigenvalue weighted by Gasteiger charge is -2.24. The first kappa shape index (κ1) is 30.9. The summed E-state index contributed by atoms with van der Waals surface area (Å²) in [5.41, 5.74) is 0. The maximum Gasteiger partial charge on any atom is 0.306 e. The van der Waals surface area contributed by atoms with Gasteiger partial charge in [-0.3, -0.25) is 14.1 Å². The molecule has 0 aromatic rings. The van der Waals surface area contributed by atoms with Gasteiger partial charge < -0.3 is 9.84 Å². The third-order valence-corrected chi connectivity index (χ3v) is 7.25. The van der Waals surface area contributed by atoms with Crippen LogP contribution in [0.15, 0.2) is 0 Å². The Kier molecular flexibility index (Phi) is 18.6. The molecular formula is C24H46O7S. The zero-order valence-corrected chi connectivity index (χ0v) is 21.0. The second-order valence-electron chi connectivity index (χ2n) is 8.77. The monoisotopic (exact) mass is 478 g/mol. The number of carboxylic acids is 1. The van der Waals surface area contributed by atoms with Gasteiger partial charge in [0.2, 0.25) is 0 Å². The number of carbonyl (C=O) groups excluding carboxylic acids is 1. The van der Waals surface area contributed by atoms with Gasteiger partial charge in [-0.1, -0.05) is 84.5 Å². The van der Waals surface area contributed by atoms with Gasteiger partial charge in [0.25, 0.3) is 10.1 Å². The predicted octanol–water partition coefficient (Wildman–Crippen LogP) is 6.30. The van der Waals surface area contributed by atoms with E-state index in [2.05, 4.69) is 6.92 Å². The Bertz CT molecular complexity index is 589. The van der Waals surface area contributed by atoms with Gasteiger partial charge >= 0.3 is 11.9 Å². The number of carboxylic acid groups (broad SMARTS) is 1. The minimum absolute atomic E-state index is 0.153. The van der Waals surface area contributed by atoms with Crippen LogP contribution in [-0.4, -0.2) is 41.4 Å². The molecule has 0 aromatic heterocycles. The van der Waals surface area contributed by atoms with Crippen LogP contribution >= 0.6 is 0 Å². The molecule has 2 N–H and O–H groups in total. The molecule has 0 saturated carbocycles. The van der Waals surface area contributed by atoms with Crippen molar-refractivity contribution in [2.24, 2.45) is 0 Å². The first-order valence-corrected chi connectivity index (χ1v) is 14.1. The lowest BCUT2D eigenvalue weighted by Crippen LogP contribution is -2.37. The van der Waals surface area contributed by atoms with Crippen LogP contribution in [0.4, 0.5) is 0 Å². The lowest BCUT2D eigenvalue weighted by atomic mass is 10.0. The van der Waals surface area contributed by atoms with Gasteiger partial charge in [-0.15, -0.1) is 0 Å². The van der Waals surface area contributed by atoms with Crippen molar-refractivity contribution in [2.75, 3.05) is 0 Å². The maximum atomic E-state index is 12.3. The molecule has 7 nitrogen and oxygen atoms in total. The maximum absolute atomic E-state index is 12.3. The number of ether oxygens (including phenoxy) is 1. The summed E-state index contributed by atoms with van der Waals surface area (Å²) in [6.07, 6.45) is 14.1. The first-order chi connectivity index (χ1) is 15.2. The van der Waals surface area contributed by atoms with Crippen molar-refractivity contribution < 1.29 is 32.4 Å². The highest BCUT2D eigenvalue weighted by atomic mass is 32.2. The second kappa shape index (κ2) is 19.3. The number of rotatable bonds is 22. The summed E-state index contributed by atoms with van der Waals surface area (Å²) >= 11 is 0. The average Bonchev–Trinajstić information content (AvgIpc) is 2.70. The van der Waals surface area contributed by atoms with E-state index in [1.807, 2.05) is 0 Å². The number of esters is 1. The van der Waals surface area contributed by atoms with E-state index in [1.54, 1.807) is 6.92 Å². The molecule has 0 aliphatic rings. The van der Waals surface area contributed by atoms with E-state index < -0.39 is 33.4 Å². The smallest absolute Gasteiger partial charge is 0.306 e. The molecule has 0 radical (unpaired) electrons. The molecule has 0 fully saturated rings. The number of hydrogen-bond acceptors (Lipinski definition) is 5. The molecule has 32 heavy (non-hydrogen) atoms. The van der Waals surface area contributed by atoms with E-state index in [0.29, 0.717) is 19.3 Å². The van der Waals surface area contributed by atoms with Crippen molar-refractivity contribution >= 4 is 22.1 Å². The van der Waals surface area contributed by atoms with Gasteiger partial charge in [-0.05, 0) is 32.1 Å². The fourth-order valence-corrected chi connectivity index (χ4v) is 4.94. The molecular weight excluding hydrogens is 432 g/mol. The zero-order valence-electron chi connectivity index (χ0n) is 20.2. The zero-order chi connectivity index (χ0) is 24.2. The van der Waals surface area contributed by atoms with Crippen molar-refractivity contribution in [1.82, 2.24) is 0 Å². The van der Waals surface area contributed by atoms with E-state index >= 15 is 0 Å². The summed E-state index contributed by atoms with van der Waals surface area (Å²) in [6, 6.07) is 0. The summed E-state index contributed by atoms with van der Waals surface area (Å²) in [7, 11) is -4.31. The molecule has 0 aliphatic heterocycles. The quantitative estimate of drug-likeness (QED) is 0.106. The summed E-state index contributed by atoms with van der Waals surface area (Å²) in [5, 5.41) is 7.54. The average molecular weight is 479 g/mol. The third-order valence-electron chi connectivity index (χ3n) is 5.85. The second-order valence-corrected chi connectivity index (χ2v) is 10.4. The SMILES string of the molecule is CCCCCCCCCCCC(=O)OC(CCCCCCCC(=O)O)C(CC)S(=O)(=O)O. The topological polar surface area (TPSA) is 118 Å². The molecule has 2 unspecified atom stereocenters. The normalized spacial score (nSPS) is 13.6. The number of carbonyl (C=O) groups is 2.